The van der Waals surface area contributed by atoms with Crippen LogP contribution in [0.5, 0.6) is 0 Å². The number of aromatic nitrogens is 2. The van der Waals surface area contributed by atoms with Crippen molar-refractivity contribution in [2.75, 3.05) is 4.72 Å². The predicted molar refractivity (Wildman–Crippen MR) is 74.9 cm³/mol. The van der Waals surface area contributed by atoms with Crippen molar-refractivity contribution >= 4 is 27.3 Å². The summed E-state index contributed by atoms with van der Waals surface area (Å²) < 4.78 is 41.6. The van der Waals surface area contributed by atoms with Crippen molar-refractivity contribution in [2.45, 2.75) is 18.7 Å². The third kappa shape index (κ3) is 2.64. The monoisotopic (exact) mass is 317 g/mol. The van der Waals surface area contributed by atoms with Gasteiger partial charge in [0.05, 0.1) is 22.1 Å². The Morgan fingerprint density at radius 1 is 1.35 bits per heavy atom. The molecule has 5 nitrogen and oxygen atoms in total. The molecular weight excluding hydrogens is 305 g/mol. The summed E-state index contributed by atoms with van der Waals surface area (Å²) in [7, 11) is -2.18. The summed E-state index contributed by atoms with van der Waals surface area (Å²) >= 11 is 5.79. The zero-order chi connectivity index (χ0) is 15.1. The molecule has 0 saturated heterocycles. The van der Waals surface area contributed by atoms with Crippen LogP contribution >= 0.6 is 11.6 Å². The van der Waals surface area contributed by atoms with Crippen molar-refractivity contribution in [3.05, 3.63) is 40.4 Å². The number of hydrogen-bond donors (Lipinski definition) is 1. The molecule has 0 bridgehead atoms. The minimum absolute atomic E-state index is 0.170. The number of halogens is 2. The second-order valence-electron chi connectivity index (χ2n) is 4.35. The fourth-order valence-corrected chi connectivity index (χ4v) is 3.51. The summed E-state index contributed by atoms with van der Waals surface area (Å²) in [4.78, 5) is -0.178. The quantitative estimate of drug-likeness (QED) is 0.946. The Balaban J connectivity index is 2.46. The third-order valence-electron chi connectivity index (χ3n) is 2.93. The molecule has 1 N–H and O–H groups in total. The summed E-state index contributed by atoms with van der Waals surface area (Å²) in [6.45, 7) is 3.43. The van der Waals surface area contributed by atoms with Gasteiger partial charge >= 0.3 is 0 Å². The van der Waals surface area contributed by atoms with E-state index in [1.807, 2.05) is 0 Å². The Hall–Kier alpha value is -1.60. The van der Waals surface area contributed by atoms with Gasteiger partial charge in [-0.3, -0.25) is 9.40 Å². The lowest BCUT2D eigenvalue weighted by Gasteiger charge is -2.09. The van der Waals surface area contributed by atoms with Crippen molar-refractivity contribution in [3.8, 4) is 0 Å². The highest BCUT2D eigenvalue weighted by atomic mass is 35.5. The second kappa shape index (κ2) is 5.06. The smallest absolute Gasteiger partial charge is 0.263 e. The first-order valence-electron chi connectivity index (χ1n) is 5.70. The van der Waals surface area contributed by atoms with Gasteiger partial charge in [-0.15, -0.1) is 0 Å². The van der Waals surface area contributed by atoms with Gasteiger partial charge in [0.2, 0.25) is 0 Å². The number of hydrogen-bond acceptors (Lipinski definition) is 3. The van der Waals surface area contributed by atoms with Crippen molar-refractivity contribution in [3.63, 3.8) is 0 Å². The Labute approximate surface area is 121 Å². The largest absolute Gasteiger partial charge is 0.276 e. The number of anilines is 1. The van der Waals surface area contributed by atoms with E-state index < -0.39 is 15.8 Å². The Kier molecular flexibility index (Phi) is 3.75. The molecule has 0 aliphatic rings. The first kappa shape index (κ1) is 14.8. The van der Waals surface area contributed by atoms with Crippen molar-refractivity contribution in [1.29, 1.82) is 0 Å². The highest BCUT2D eigenvalue weighted by Gasteiger charge is 2.21. The van der Waals surface area contributed by atoms with Crippen LogP contribution in [0.25, 0.3) is 0 Å². The molecule has 20 heavy (non-hydrogen) atoms. The fraction of sp³-hybridized carbons (Fsp3) is 0.250. The maximum absolute atomic E-state index is 13.0. The first-order valence-corrected chi connectivity index (χ1v) is 7.56. The van der Waals surface area contributed by atoms with Gasteiger partial charge < -0.3 is 0 Å². The van der Waals surface area contributed by atoms with Crippen LogP contribution in [0.15, 0.2) is 23.1 Å². The van der Waals surface area contributed by atoms with Gasteiger partial charge in [0.1, 0.15) is 10.7 Å². The van der Waals surface area contributed by atoms with E-state index in [9.17, 15) is 12.8 Å². The van der Waals surface area contributed by atoms with Crippen LogP contribution in [0.1, 0.15) is 11.4 Å². The van der Waals surface area contributed by atoms with E-state index in [0.717, 1.165) is 18.2 Å². The number of sulfonamides is 1. The van der Waals surface area contributed by atoms with Crippen LogP contribution in [-0.2, 0) is 17.1 Å². The molecule has 0 aliphatic carbocycles. The number of benzene rings is 1. The molecule has 1 heterocycles. The maximum atomic E-state index is 13.0. The van der Waals surface area contributed by atoms with E-state index in [-0.39, 0.29) is 9.92 Å². The fourth-order valence-electron chi connectivity index (χ4n) is 1.80. The van der Waals surface area contributed by atoms with E-state index in [1.165, 1.54) is 0 Å². The molecule has 0 saturated carbocycles. The van der Waals surface area contributed by atoms with Crippen LogP contribution in [0.2, 0.25) is 5.02 Å². The van der Waals surface area contributed by atoms with Gasteiger partial charge in [0.15, 0.2) is 0 Å². The minimum Gasteiger partial charge on any atom is -0.276 e. The highest BCUT2D eigenvalue weighted by Crippen LogP contribution is 2.27. The molecule has 1 aromatic carbocycles. The van der Waals surface area contributed by atoms with Gasteiger partial charge in [0, 0.05) is 7.05 Å². The van der Waals surface area contributed by atoms with Gasteiger partial charge in [-0.25, -0.2) is 12.8 Å². The van der Waals surface area contributed by atoms with Crippen molar-refractivity contribution < 1.29 is 12.8 Å². The summed E-state index contributed by atoms with van der Waals surface area (Å²) in [6, 6.07) is 3.13. The SMILES string of the molecule is Cc1nn(C)c(C)c1NS(=O)(=O)c1ccc(F)cc1Cl. The Bertz CT molecular complexity index is 771. The molecule has 0 atom stereocenters. The Morgan fingerprint density at radius 2 is 2.00 bits per heavy atom. The normalized spacial score (nSPS) is 11.7. The molecule has 108 valence electrons. The molecule has 0 spiro atoms. The van der Waals surface area contributed by atoms with Crippen LogP contribution in [0.4, 0.5) is 10.1 Å². The molecule has 2 rings (SSSR count). The van der Waals surface area contributed by atoms with Crippen LogP contribution in [0, 0.1) is 19.7 Å². The van der Waals surface area contributed by atoms with E-state index in [0.29, 0.717) is 17.1 Å². The average Bonchev–Trinajstić information content (AvgIpc) is 2.55. The topological polar surface area (TPSA) is 64.0 Å². The number of nitrogens with one attached hydrogen (secondary N) is 1. The third-order valence-corrected chi connectivity index (χ3v) is 4.76. The van der Waals surface area contributed by atoms with Gasteiger partial charge in [-0.05, 0) is 32.0 Å². The molecule has 0 radical (unpaired) electrons. The molecule has 2 aromatic rings. The van der Waals surface area contributed by atoms with Gasteiger partial charge in [0.25, 0.3) is 10.0 Å². The van der Waals surface area contributed by atoms with Crippen LogP contribution < -0.4 is 4.72 Å². The van der Waals surface area contributed by atoms with E-state index in [2.05, 4.69) is 9.82 Å². The van der Waals surface area contributed by atoms with Crippen LogP contribution in [-0.4, -0.2) is 18.2 Å². The zero-order valence-corrected chi connectivity index (χ0v) is 12.7. The average molecular weight is 318 g/mol. The van der Waals surface area contributed by atoms with Crippen molar-refractivity contribution in [2.24, 2.45) is 7.05 Å². The molecule has 0 fully saturated rings. The van der Waals surface area contributed by atoms with E-state index in [1.54, 1.807) is 25.6 Å². The lowest BCUT2D eigenvalue weighted by molar-refractivity contribution is 0.599. The van der Waals surface area contributed by atoms with E-state index in [4.69, 9.17) is 11.6 Å². The molecule has 0 amide bonds. The first-order chi connectivity index (χ1) is 9.22. The lowest BCUT2D eigenvalue weighted by atomic mass is 10.3. The number of aryl methyl sites for hydroxylation is 2. The summed E-state index contributed by atoms with van der Waals surface area (Å²) in [5.41, 5.74) is 1.61. The summed E-state index contributed by atoms with van der Waals surface area (Å²) in [6.07, 6.45) is 0. The highest BCUT2D eigenvalue weighted by molar-refractivity contribution is 7.92. The Morgan fingerprint density at radius 3 is 2.50 bits per heavy atom. The van der Waals surface area contributed by atoms with Crippen molar-refractivity contribution in [1.82, 2.24) is 9.78 Å². The maximum Gasteiger partial charge on any atom is 0.263 e. The molecular formula is C12H13ClFN3O2S. The second-order valence-corrected chi connectivity index (χ2v) is 6.41. The zero-order valence-electron chi connectivity index (χ0n) is 11.1. The molecule has 1 aromatic heterocycles. The minimum atomic E-state index is -3.89. The van der Waals surface area contributed by atoms with Crippen LogP contribution in [0.3, 0.4) is 0 Å². The summed E-state index contributed by atoms with van der Waals surface area (Å²) in [5, 5.41) is 3.95. The number of rotatable bonds is 3. The standard InChI is InChI=1S/C12H13ClFN3O2S/c1-7-12(8(2)17(3)15-7)16-20(18,19)11-5-4-9(14)6-10(11)13/h4-6,16H,1-3H3. The molecule has 0 aliphatic heterocycles. The van der Waals surface area contributed by atoms with E-state index >= 15 is 0 Å². The lowest BCUT2D eigenvalue weighted by Crippen LogP contribution is -2.14. The van der Waals surface area contributed by atoms with Gasteiger partial charge in [-0.2, -0.15) is 5.10 Å². The summed E-state index contributed by atoms with van der Waals surface area (Å²) in [5.74, 6) is -0.595. The molecule has 0 unspecified atom stereocenters. The number of nitrogens with zero attached hydrogens (tertiary/aromatic N) is 2. The van der Waals surface area contributed by atoms with Gasteiger partial charge in [-0.1, -0.05) is 11.6 Å². The molecule has 8 heteroatoms. The predicted octanol–water partition coefficient (Wildman–Crippen LogP) is 2.63.